The number of nitrogens with one attached hydrogen (secondary N) is 2. The number of hydrogen-bond acceptors (Lipinski definition) is 4. The van der Waals surface area contributed by atoms with Gasteiger partial charge in [0.2, 0.25) is 5.91 Å². The van der Waals surface area contributed by atoms with Crippen LogP contribution in [0, 0.1) is 0 Å². The first-order valence-corrected chi connectivity index (χ1v) is 10.6. The second-order valence-electron chi connectivity index (χ2n) is 6.65. The van der Waals surface area contributed by atoms with Crippen LogP contribution in [0.4, 0.5) is 5.69 Å². The first-order valence-electron chi connectivity index (χ1n) is 8.70. The summed E-state index contributed by atoms with van der Waals surface area (Å²) in [5, 5.41) is 3.66. The number of rotatable bonds is 6. The molecule has 3 rings (SSSR count). The molecule has 0 aliphatic heterocycles. The smallest absolute Gasteiger partial charge is 0.262 e. The fourth-order valence-corrected chi connectivity index (χ4v) is 4.28. The van der Waals surface area contributed by atoms with Crippen LogP contribution in [0.15, 0.2) is 59.6 Å². The molecule has 0 radical (unpaired) electrons. The van der Waals surface area contributed by atoms with Crippen molar-refractivity contribution in [1.82, 2.24) is 10.3 Å². The fourth-order valence-electron chi connectivity index (χ4n) is 2.81. The molecule has 2 aromatic carbocycles. The Kier molecular flexibility index (Phi) is 5.86. The zero-order valence-electron chi connectivity index (χ0n) is 15.4. The molecule has 0 unspecified atom stereocenters. The van der Waals surface area contributed by atoms with Crippen molar-refractivity contribution in [1.29, 1.82) is 0 Å². The van der Waals surface area contributed by atoms with E-state index in [0.717, 1.165) is 5.56 Å². The third-order valence-corrected chi connectivity index (χ3v) is 5.73. The summed E-state index contributed by atoms with van der Waals surface area (Å²) in [6.07, 6.45) is 1.80. The average molecular weight is 418 g/mol. The van der Waals surface area contributed by atoms with Crippen molar-refractivity contribution in [3.05, 3.63) is 65.3 Å². The summed E-state index contributed by atoms with van der Waals surface area (Å²) in [6.45, 7) is 3.79. The number of fused-ring (bicyclic) bond motifs is 1. The minimum absolute atomic E-state index is 0.0715. The summed E-state index contributed by atoms with van der Waals surface area (Å²) in [7, 11) is -3.84. The van der Waals surface area contributed by atoms with E-state index in [1.807, 2.05) is 13.8 Å². The molecule has 1 amide bonds. The van der Waals surface area contributed by atoms with Gasteiger partial charge < -0.3 is 5.32 Å². The van der Waals surface area contributed by atoms with Gasteiger partial charge in [0.05, 0.1) is 21.9 Å². The number of hydrogen-bond donors (Lipinski definition) is 2. The fraction of sp³-hybridized carbons (Fsp3) is 0.200. The summed E-state index contributed by atoms with van der Waals surface area (Å²) >= 11 is 6.12. The van der Waals surface area contributed by atoms with E-state index in [4.69, 9.17) is 11.6 Å². The van der Waals surface area contributed by atoms with Crippen LogP contribution in [0.25, 0.3) is 10.9 Å². The van der Waals surface area contributed by atoms with E-state index < -0.39 is 10.0 Å². The van der Waals surface area contributed by atoms with Gasteiger partial charge in [0, 0.05) is 23.3 Å². The summed E-state index contributed by atoms with van der Waals surface area (Å²) in [4.78, 5) is 16.1. The Morgan fingerprint density at radius 1 is 1.11 bits per heavy atom. The van der Waals surface area contributed by atoms with Crippen LogP contribution >= 0.6 is 11.6 Å². The van der Waals surface area contributed by atoms with E-state index in [1.54, 1.807) is 42.6 Å². The largest absolute Gasteiger partial charge is 0.354 e. The van der Waals surface area contributed by atoms with Gasteiger partial charge in [-0.05, 0) is 55.8 Å². The van der Waals surface area contributed by atoms with Crippen molar-refractivity contribution in [2.75, 3.05) is 4.72 Å². The standard InChI is InChI=1S/C20H20ClN3O3S/c1-13(2)23-19(25)12-14-5-7-15(8-6-14)24-28(26,27)18-10-9-17(21)20-16(18)4-3-11-22-20/h3-11,13,24H,12H2,1-2H3,(H,23,25). The van der Waals surface area contributed by atoms with Gasteiger partial charge in [-0.1, -0.05) is 23.7 Å². The number of nitrogens with zero attached hydrogens (tertiary/aromatic N) is 1. The van der Waals surface area contributed by atoms with Gasteiger partial charge in [0.25, 0.3) is 10.0 Å². The van der Waals surface area contributed by atoms with Gasteiger partial charge in [-0.15, -0.1) is 0 Å². The first kappa shape index (κ1) is 20.1. The quantitative estimate of drug-likeness (QED) is 0.639. The zero-order chi connectivity index (χ0) is 20.3. The van der Waals surface area contributed by atoms with Crippen molar-refractivity contribution in [3.63, 3.8) is 0 Å². The van der Waals surface area contributed by atoms with Crippen LogP contribution in [0.2, 0.25) is 5.02 Å². The molecule has 146 valence electrons. The lowest BCUT2D eigenvalue weighted by Gasteiger charge is -2.12. The van der Waals surface area contributed by atoms with Gasteiger partial charge in [-0.2, -0.15) is 0 Å². The van der Waals surface area contributed by atoms with E-state index >= 15 is 0 Å². The highest BCUT2D eigenvalue weighted by atomic mass is 35.5. The molecule has 0 atom stereocenters. The number of aromatic nitrogens is 1. The number of benzene rings is 2. The Morgan fingerprint density at radius 2 is 1.82 bits per heavy atom. The maximum atomic E-state index is 12.9. The van der Waals surface area contributed by atoms with Crippen molar-refractivity contribution in [2.24, 2.45) is 0 Å². The second kappa shape index (κ2) is 8.16. The molecule has 0 saturated heterocycles. The van der Waals surface area contributed by atoms with Gasteiger partial charge >= 0.3 is 0 Å². The van der Waals surface area contributed by atoms with Crippen molar-refractivity contribution in [3.8, 4) is 0 Å². The van der Waals surface area contributed by atoms with E-state index in [-0.39, 0.29) is 23.3 Å². The molecule has 2 N–H and O–H groups in total. The number of pyridine rings is 1. The van der Waals surface area contributed by atoms with Gasteiger partial charge in [0.1, 0.15) is 0 Å². The molecule has 28 heavy (non-hydrogen) atoms. The molecule has 0 spiro atoms. The molecule has 0 bridgehead atoms. The molecule has 1 heterocycles. The lowest BCUT2D eigenvalue weighted by Crippen LogP contribution is -2.31. The maximum Gasteiger partial charge on any atom is 0.262 e. The van der Waals surface area contributed by atoms with Gasteiger partial charge in [-0.25, -0.2) is 8.42 Å². The minimum atomic E-state index is -3.84. The summed E-state index contributed by atoms with van der Waals surface area (Å²) in [5.41, 5.74) is 1.63. The van der Waals surface area contributed by atoms with Crippen LogP contribution < -0.4 is 10.0 Å². The molecule has 6 nitrogen and oxygen atoms in total. The highest BCUT2D eigenvalue weighted by Crippen LogP contribution is 2.28. The van der Waals surface area contributed by atoms with Crippen molar-refractivity contribution < 1.29 is 13.2 Å². The van der Waals surface area contributed by atoms with E-state index in [1.165, 1.54) is 12.1 Å². The van der Waals surface area contributed by atoms with Gasteiger partial charge in [-0.3, -0.25) is 14.5 Å². The maximum absolute atomic E-state index is 12.9. The molecule has 1 aromatic heterocycles. The van der Waals surface area contributed by atoms with E-state index in [9.17, 15) is 13.2 Å². The van der Waals surface area contributed by atoms with E-state index in [0.29, 0.717) is 21.6 Å². The third kappa shape index (κ3) is 4.61. The normalized spacial score (nSPS) is 11.6. The first-order chi connectivity index (χ1) is 13.3. The van der Waals surface area contributed by atoms with Crippen LogP contribution in [0.5, 0.6) is 0 Å². The Hall–Kier alpha value is -2.64. The monoisotopic (exact) mass is 417 g/mol. The summed E-state index contributed by atoms with van der Waals surface area (Å²) in [5.74, 6) is -0.0801. The molecule has 0 fully saturated rings. The number of carbonyl (C=O) groups is 1. The van der Waals surface area contributed by atoms with Crippen LogP contribution in [0.1, 0.15) is 19.4 Å². The highest BCUT2D eigenvalue weighted by Gasteiger charge is 2.19. The predicted octanol–water partition coefficient (Wildman–Crippen LogP) is 3.76. The Labute approximate surface area is 169 Å². The number of sulfonamides is 1. The molecular weight excluding hydrogens is 398 g/mol. The second-order valence-corrected chi connectivity index (χ2v) is 8.70. The average Bonchev–Trinajstić information content (AvgIpc) is 2.63. The van der Waals surface area contributed by atoms with Crippen LogP contribution in [-0.2, 0) is 21.2 Å². The van der Waals surface area contributed by atoms with Crippen LogP contribution in [-0.4, -0.2) is 25.4 Å². The Balaban J connectivity index is 1.82. The molecule has 0 aliphatic rings. The summed E-state index contributed by atoms with van der Waals surface area (Å²) in [6, 6.07) is 13.1. The molecule has 3 aromatic rings. The molecular formula is C20H20ClN3O3S. The number of halogens is 1. The lowest BCUT2D eigenvalue weighted by molar-refractivity contribution is -0.120. The highest BCUT2D eigenvalue weighted by molar-refractivity contribution is 7.93. The Bertz CT molecular complexity index is 1110. The number of anilines is 1. The molecule has 8 heteroatoms. The molecule has 0 saturated carbocycles. The predicted molar refractivity (Wildman–Crippen MR) is 111 cm³/mol. The van der Waals surface area contributed by atoms with Crippen molar-refractivity contribution >= 4 is 44.1 Å². The third-order valence-electron chi connectivity index (χ3n) is 3.99. The minimum Gasteiger partial charge on any atom is -0.354 e. The van der Waals surface area contributed by atoms with E-state index in [2.05, 4.69) is 15.0 Å². The molecule has 0 aliphatic carbocycles. The Morgan fingerprint density at radius 3 is 2.50 bits per heavy atom. The van der Waals surface area contributed by atoms with Crippen LogP contribution in [0.3, 0.4) is 0 Å². The topological polar surface area (TPSA) is 88.2 Å². The SMILES string of the molecule is CC(C)NC(=O)Cc1ccc(NS(=O)(=O)c2ccc(Cl)c3ncccc23)cc1. The van der Waals surface area contributed by atoms with Gasteiger partial charge in [0.15, 0.2) is 0 Å². The zero-order valence-corrected chi connectivity index (χ0v) is 17.0. The lowest BCUT2D eigenvalue weighted by atomic mass is 10.1. The summed E-state index contributed by atoms with van der Waals surface area (Å²) < 4.78 is 28.3. The number of amides is 1. The van der Waals surface area contributed by atoms with Crippen molar-refractivity contribution in [2.45, 2.75) is 31.2 Å². The number of carbonyl (C=O) groups excluding carboxylic acids is 1.